The van der Waals surface area contributed by atoms with Crippen LogP contribution < -0.4 is 10.6 Å². The zero-order chi connectivity index (χ0) is 18.7. The number of nitrogens with one attached hydrogen (secondary N) is 2. The van der Waals surface area contributed by atoms with Crippen LogP contribution in [0.4, 0.5) is 14.7 Å². The van der Waals surface area contributed by atoms with Gasteiger partial charge in [-0.2, -0.15) is 0 Å². The Morgan fingerprint density at radius 2 is 2.00 bits per heavy atom. The van der Waals surface area contributed by atoms with Crippen molar-refractivity contribution in [3.63, 3.8) is 0 Å². The molecule has 138 valence electrons. The van der Waals surface area contributed by atoms with E-state index in [0.717, 1.165) is 12.1 Å². The van der Waals surface area contributed by atoms with Crippen molar-refractivity contribution in [2.75, 3.05) is 11.9 Å². The second kappa shape index (κ2) is 7.74. The Labute approximate surface area is 149 Å². The summed E-state index contributed by atoms with van der Waals surface area (Å²) in [4.78, 5) is 20.6. The molecule has 1 amide bonds. The summed E-state index contributed by atoms with van der Waals surface area (Å²) < 4.78 is 27.4. The lowest BCUT2D eigenvalue weighted by atomic mass is 9.75. The number of carbonyl (C=O) groups is 1. The molecular weight excluding hydrogens is 342 g/mol. The zero-order valence-electron chi connectivity index (χ0n) is 14.2. The van der Waals surface area contributed by atoms with Crippen LogP contribution in [0.15, 0.2) is 30.6 Å². The van der Waals surface area contributed by atoms with Crippen LogP contribution in [0, 0.1) is 17.6 Å². The number of amides is 1. The number of hydrogen-bond acceptors (Lipinski definition) is 5. The topological polar surface area (TPSA) is 87.1 Å². The normalized spacial score (nSPS) is 20.2. The molecule has 0 saturated heterocycles. The molecule has 1 aromatic heterocycles. The predicted octanol–water partition coefficient (Wildman–Crippen LogP) is 2.43. The number of rotatable bonds is 6. The van der Waals surface area contributed by atoms with Crippen molar-refractivity contribution >= 4 is 11.9 Å². The van der Waals surface area contributed by atoms with Crippen molar-refractivity contribution in [3.05, 3.63) is 53.4 Å². The van der Waals surface area contributed by atoms with Gasteiger partial charge in [-0.05, 0) is 31.7 Å². The third kappa shape index (κ3) is 3.96. The molecule has 1 aliphatic rings. The molecule has 1 fully saturated rings. The number of aromatic nitrogens is 2. The van der Waals surface area contributed by atoms with E-state index in [9.17, 15) is 18.7 Å². The predicted molar refractivity (Wildman–Crippen MR) is 91.5 cm³/mol. The molecule has 1 atom stereocenters. The highest BCUT2D eigenvalue weighted by Crippen LogP contribution is 2.39. The van der Waals surface area contributed by atoms with Gasteiger partial charge in [0.05, 0.1) is 17.7 Å². The van der Waals surface area contributed by atoms with E-state index in [1.54, 1.807) is 0 Å². The summed E-state index contributed by atoms with van der Waals surface area (Å²) in [5.74, 6) is -1.58. The molecule has 0 spiro atoms. The van der Waals surface area contributed by atoms with Gasteiger partial charge in [0, 0.05) is 30.6 Å². The number of nitrogens with zero attached hydrogens (tertiary/aromatic N) is 2. The second-order valence-electron chi connectivity index (χ2n) is 6.33. The highest BCUT2D eigenvalue weighted by molar-refractivity contribution is 5.94. The quantitative estimate of drug-likeness (QED) is 0.735. The van der Waals surface area contributed by atoms with Crippen LogP contribution >= 0.6 is 0 Å². The molecule has 0 aliphatic heterocycles. The second-order valence-corrected chi connectivity index (χ2v) is 6.33. The Morgan fingerprint density at radius 1 is 1.31 bits per heavy atom. The number of aliphatic hydroxyl groups excluding tert-OH is 1. The molecule has 1 saturated carbocycles. The lowest BCUT2D eigenvalue weighted by Crippen LogP contribution is -2.41. The minimum atomic E-state index is -0.726. The van der Waals surface area contributed by atoms with E-state index in [4.69, 9.17) is 0 Å². The van der Waals surface area contributed by atoms with Crippen LogP contribution in [-0.2, 0) is 0 Å². The fourth-order valence-electron chi connectivity index (χ4n) is 3.02. The highest BCUT2D eigenvalue weighted by atomic mass is 19.1. The third-order valence-corrected chi connectivity index (χ3v) is 4.45. The molecule has 26 heavy (non-hydrogen) atoms. The Morgan fingerprint density at radius 3 is 2.58 bits per heavy atom. The lowest BCUT2D eigenvalue weighted by molar-refractivity contribution is 0.0229. The number of halogens is 2. The van der Waals surface area contributed by atoms with Gasteiger partial charge < -0.3 is 15.7 Å². The van der Waals surface area contributed by atoms with Gasteiger partial charge in [0.15, 0.2) is 0 Å². The standard InChI is InChI=1S/C18H20F2N4O2/c1-2-21-18-22-8-11(9-23-18)17(26)24-16(10-5-13(25)6-10)14-4-3-12(19)7-15(14)20/h3-4,7-10,13,16,25H,2,5-6H2,1H3,(H,24,26)(H,21,22,23). The molecule has 1 heterocycles. The van der Waals surface area contributed by atoms with Crippen molar-refractivity contribution in [1.82, 2.24) is 15.3 Å². The largest absolute Gasteiger partial charge is 0.393 e. The van der Waals surface area contributed by atoms with Crippen molar-refractivity contribution in [2.45, 2.75) is 31.9 Å². The van der Waals surface area contributed by atoms with Gasteiger partial charge in [0.2, 0.25) is 5.95 Å². The number of benzene rings is 1. The zero-order valence-corrected chi connectivity index (χ0v) is 14.2. The van der Waals surface area contributed by atoms with E-state index in [2.05, 4.69) is 20.6 Å². The molecule has 1 unspecified atom stereocenters. The summed E-state index contributed by atoms with van der Waals surface area (Å²) >= 11 is 0. The monoisotopic (exact) mass is 362 g/mol. The third-order valence-electron chi connectivity index (χ3n) is 4.45. The van der Waals surface area contributed by atoms with Gasteiger partial charge in [-0.3, -0.25) is 4.79 Å². The Bertz CT molecular complexity index is 779. The van der Waals surface area contributed by atoms with Crippen molar-refractivity contribution in [3.8, 4) is 0 Å². The summed E-state index contributed by atoms with van der Waals surface area (Å²) in [6.07, 6.45) is 3.18. The Kier molecular flexibility index (Phi) is 5.41. The van der Waals surface area contributed by atoms with Crippen molar-refractivity contribution in [1.29, 1.82) is 0 Å². The molecule has 3 rings (SSSR count). The molecule has 2 aromatic rings. The Balaban J connectivity index is 1.80. The molecule has 3 N–H and O–H groups in total. The summed E-state index contributed by atoms with van der Waals surface area (Å²) in [7, 11) is 0. The fraction of sp³-hybridized carbons (Fsp3) is 0.389. The molecule has 6 nitrogen and oxygen atoms in total. The minimum absolute atomic E-state index is 0.129. The van der Waals surface area contributed by atoms with Crippen LogP contribution in [0.2, 0.25) is 0 Å². The van der Waals surface area contributed by atoms with Crippen LogP contribution in [0.25, 0.3) is 0 Å². The average molecular weight is 362 g/mol. The summed E-state index contributed by atoms with van der Waals surface area (Å²) in [5.41, 5.74) is 0.431. The van der Waals surface area contributed by atoms with E-state index in [-0.39, 0.29) is 17.0 Å². The Hall–Kier alpha value is -2.61. The first-order valence-corrected chi connectivity index (χ1v) is 8.47. The summed E-state index contributed by atoms with van der Waals surface area (Å²) in [5, 5.41) is 15.3. The lowest BCUT2D eigenvalue weighted by Gasteiger charge is -2.38. The van der Waals surface area contributed by atoms with Gasteiger partial charge >= 0.3 is 0 Å². The van der Waals surface area contributed by atoms with Crippen LogP contribution in [0.3, 0.4) is 0 Å². The summed E-state index contributed by atoms with van der Waals surface area (Å²) in [6.45, 7) is 2.56. The van der Waals surface area contributed by atoms with Gasteiger partial charge in [-0.1, -0.05) is 6.07 Å². The highest BCUT2D eigenvalue weighted by Gasteiger charge is 2.37. The first kappa shape index (κ1) is 18.2. The van der Waals surface area contributed by atoms with Gasteiger partial charge in [-0.25, -0.2) is 18.7 Å². The molecule has 1 aromatic carbocycles. The van der Waals surface area contributed by atoms with Crippen LogP contribution in [-0.4, -0.2) is 33.6 Å². The number of carbonyl (C=O) groups excluding carboxylic acids is 1. The molecule has 0 radical (unpaired) electrons. The van der Waals surface area contributed by atoms with E-state index < -0.39 is 29.7 Å². The molecule has 8 heteroatoms. The number of hydrogen-bond donors (Lipinski definition) is 3. The van der Waals surface area contributed by atoms with E-state index in [1.165, 1.54) is 18.5 Å². The number of anilines is 1. The van der Waals surface area contributed by atoms with Gasteiger partial charge in [0.25, 0.3) is 5.91 Å². The maximum Gasteiger partial charge on any atom is 0.254 e. The first-order chi connectivity index (χ1) is 12.5. The average Bonchev–Trinajstić information content (AvgIpc) is 2.58. The van der Waals surface area contributed by atoms with Crippen LogP contribution in [0.5, 0.6) is 0 Å². The SMILES string of the molecule is CCNc1ncc(C(=O)NC(c2ccc(F)cc2F)C2CC(O)C2)cn1. The van der Waals surface area contributed by atoms with Gasteiger partial charge in [0.1, 0.15) is 11.6 Å². The molecular formula is C18H20F2N4O2. The summed E-state index contributed by atoms with van der Waals surface area (Å²) in [6, 6.07) is 2.60. The first-order valence-electron chi connectivity index (χ1n) is 8.47. The van der Waals surface area contributed by atoms with E-state index in [1.807, 2.05) is 6.92 Å². The van der Waals surface area contributed by atoms with E-state index >= 15 is 0 Å². The van der Waals surface area contributed by atoms with Crippen molar-refractivity contribution in [2.24, 2.45) is 5.92 Å². The molecule has 1 aliphatic carbocycles. The smallest absolute Gasteiger partial charge is 0.254 e. The van der Waals surface area contributed by atoms with E-state index in [0.29, 0.717) is 25.3 Å². The maximum absolute atomic E-state index is 14.2. The molecule has 0 bridgehead atoms. The minimum Gasteiger partial charge on any atom is -0.393 e. The van der Waals surface area contributed by atoms with Crippen LogP contribution in [0.1, 0.15) is 41.7 Å². The van der Waals surface area contributed by atoms with Gasteiger partial charge in [-0.15, -0.1) is 0 Å². The van der Waals surface area contributed by atoms with Crippen molar-refractivity contribution < 1.29 is 18.7 Å². The number of aliphatic hydroxyl groups is 1. The fourth-order valence-corrected chi connectivity index (χ4v) is 3.02. The maximum atomic E-state index is 14.2.